The van der Waals surface area contributed by atoms with Gasteiger partial charge in [-0.3, -0.25) is 9.36 Å². The average molecular weight is 451 g/mol. The number of rotatable bonds is 5. The van der Waals surface area contributed by atoms with Crippen LogP contribution in [0.1, 0.15) is 28.2 Å². The van der Waals surface area contributed by atoms with Gasteiger partial charge in [-0.25, -0.2) is 0 Å². The van der Waals surface area contributed by atoms with Gasteiger partial charge in [-0.2, -0.15) is 10.2 Å². The lowest BCUT2D eigenvalue weighted by atomic mass is 10.2. The van der Waals surface area contributed by atoms with E-state index in [4.69, 9.17) is 35.4 Å². The normalized spacial score (nSPS) is 11.0. The van der Waals surface area contributed by atoms with Crippen molar-refractivity contribution in [3.05, 3.63) is 62.6 Å². The second kappa shape index (κ2) is 8.73. The Bertz CT molecular complexity index is 1060. The molecule has 29 heavy (non-hydrogen) atoms. The lowest BCUT2D eigenvalue weighted by Crippen LogP contribution is -2.31. The third-order valence-corrected chi connectivity index (χ3v) is 6.04. The molecule has 3 aromatic rings. The van der Waals surface area contributed by atoms with Gasteiger partial charge >= 0.3 is 0 Å². The van der Waals surface area contributed by atoms with Gasteiger partial charge in [-0.15, -0.1) is 0 Å². The van der Waals surface area contributed by atoms with E-state index in [0.717, 1.165) is 33.9 Å². The molecule has 0 aliphatic heterocycles. The molecule has 0 atom stereocenters. The number of nitrogens with zero attached hydrogens (tertiary/aromatic N) is 5. The van der Waals surface area contributed by atoms with E-state index in [1.807, 2.05) is 67.5 Å². The van der Waals surface area contributed by atoms with Gasteiger partial charge in [-0.05, 0) is 50.7 Å². The number of halogens is 2. The summed E-state index contributed by atoms with van der Waals surface area (Å²) in [6.07, 6.45) is 1.87. The number of thiocarbonyl (C=S) groups is 1. The molecule has 0 amide bonds. The first-order chi connectivity index (χ1) is 13.7. The molecule has 0 spiro atoms. The van der Waals surface area contributed by atoms with Gasteiger partial charge in [0.15, 0.2) is 5.11 Å². The monoisotopic (exact) mass is 450 g/mol. The third kappa shape index (κ3) is 4.74. The highest BCUT2D eigenvalue weighted by Crippen LogP contribution is 2.25. The Balaban J connectivity index is 1.74. The summed E-state index contributed by atoms with van der Waals surface area (Å²) in [4.78, 5) is 1.99. The van der Waals surface area contributed by atoms with Crippen molar-refractivity contribution < 1.29 is 0 Å². The number of nitrogens with one attached hydrogen (secondary N) is 1. The molecule has 1 aromatic carbocycles. The van der Waals surface area contributed by atoms with Crippen LogP contribution in [0, 0.1) is 20.8 Å². The van der Waals surface area contributed by atoms with Gasteiger partial charge in [0, 0.05) is 41.9 Å². The first kappa shape index (κ1) is 21.6. The first-order valence-electron chi connectivity index (χ1n) is 9.15. The van der Waals surface area contributed by atoms with Crippen molar-refractivity contribution in [2.75, 3.05) is 12.4 Å². The van der Waals surface area contributed by atoms with Crippen molar-refractivity contribution in [3.8, 4) is 0 Å². The molecule has 6 nitrogen and oxygen atoms in total. The van der Waals surface area contributed by atoms with E-state index in [0.29, 0.717) is 28.2 Å². The number of aryl methyl sites for hydroxylation is 2. The van der Waals surface area contributed by atoms with Crippen LogP contribution >= 0.6 is 35.4 Å². The highest BCUT2D eigenvalue weighted by molar-refractivity contribution is 7.80. The Kier molecular flexibility index (Phi) is 6.51. The van der Waals surface area contributed by atoms with Crippen LogP contribution in [0.5, 0.6) is 0 Å². The zero-order chi connectivity index (χ0) is 21.3. The predicted octanol–water partition coefficient (Wildman–Crippen LogP) is 4.73. The minimum atomic E-state index is 0.557. The Morgan fingerprint density at radius 2 is 1.90 bits per heavy atom. The van der Waals surface area contributed by atoms with E-state index in [1.54, 1.807) is 6.07 Å². The molecule has 0 unspecified atom stereocenters. The summed E-state index contributed by atoms with van der Waals surface area (Å²) >= 11 is 17.9. The smallest absolute Gasteiger partial charge is 0.173 e. The van der Waals surface area contributed by atoms with Crippen LogP contribution in [-0.4, -0.2) is 36.6 Å². The zero-order valence-electron chi connectivity index (χ0n) is 17.1. The summed E-state index contributed by atoms with van der Waals surface area (Å²) in [5.74, 6) is 0. The zero-order valence-corrected chi connectivity index (χ0v) is 19.5. The fourth-order valence-electron chi connectivity index (χ4n) is 3.07. The van der Waals surface area contributed by atoms with Crippen LogP contribution in [0.25, 0.3) is 0 Å². The van der Waals surface area contributed by atoms with Crippen LogP contribution in [0.3, 0.4) is 0 Å². The summed E-state index contributed by atoms with van der Waals surface area (Å²) in [6.45, 7) is 7.26. The van der Waals surface area contributed by atoms with Gasteiger partial charge < -0.3 is 10.2 Å². The third-order valence-electron chi connectivity index (χ3n) is 5.04. The lowest BCUT2D eigenvalue weighted by Gasteiger charge is -2.21. The second-order valence-electron chi connectivity index (χ2n) is 7.10. The maximum absolute atomic E-state index is 6.32. The van der Waals surface area contributed by atoms with Crippen LogP contribution in [0.4, 0.5) is 5.69 Å². The molecule has 1 N–H and O–H groups in total. The second-order valence-corrected chi connectivity index (χ2v) is 8.33. The van der Waals surface area contributed by atoms with Gasteiger partial charge in [-0.1, -0.05) is 29.3 Å². The van der Waals surface area contributed by atoms with E-state index in [1.165, 1.54) is 0 Å². The van der Waals surface area contributed by atoms with Crippen molar-refractivity contribution >= 4 is 46.2 Å². The van der Waals surface area contributed by atoms with Gasteiger partial charge in [0.1, 0.15) is 0 Å². The van der Waals surface area contributed by atoms with Gasteiger partial charge in [0.25, 0.3) is 0 Å². The molecule has 0 fully saturated rings. The molecular formula is C20H24Cl2N6S. The number of benzene rings is 1. The predicted molar refractivity (Wildman–Crippen MR) is 123 cm³/mol. The van der Waals surface area contributed by atoms with Crippen molar-refractivity contribution in [2.24, 2.45) is 7.05 Å². The van der Waals surface area contributed by atoms with Gasteiger partial charge in [0.05, 0.1) is 29.8 Å². The summed E-state index contributed by atoms with van der Waals surface area (Å²) in [6, 6.07) is 5.49. The highest BCUT2D eigenvalue weighted by atomic mass is 35.5. The minimum absolute atomic E-state index is 0.557. The van der Waals surface area contributed by atoms with Crippen molar-refractivity contribution in [1.29, 1.82) is 0 Å². The topological polar surface area (TPSA) is 50.9 Å². The molecule has 2 aromatic heterocycles. The van der Waals surface area contributed by atoms with Crippen LogP contribution in [0.15, 0.2) is 24.4 Å². The molecule has 0 saturated heterocycles. The number of hydrogen-bond donors (Lipinski definition) is 1. The number of aromatic nitrogens is 4. The van der Waals surface area contributed by atoms with E-state index in [-0.39, 0.29) is 0 Å². The summed E-state index contributed by atoms with van der Waals surface area (Å²) < 4.78 is 3.78. The quantitative estimate of drug-likeness (QED) is 0.569. The lowest BCUT2D eigenvalue weighted by molar-refractivity contribution is 0.506. The molecule has 0 saturated carbocycles. The van der Waals surface area contributed by atoms with E-state index in [2.05, 4.69) is 15.5 Å². The average Bonchev–Trinajstić information content (AvgIpc) is 3.11. The van der Waals surface area contributed by atoms with E-state index in [9.17, 15) is 0 Å². The molecule has 3 rings (SSSR count). The summed E-state index contributed by atoms with van der Waals surface area (Å²) in [7, 11) is 3.90. The SMILES string of the molecule is Cc1nn(Cc2ccc(Cl)cc2Cl)c(C)c1NC(=S)N(C)Cc1cnn(C)c1C. The van der Waals surface area contributed by atoms with E-state index < -0.39 is 0 Å². The van der Waals surface area contributed by atoms with Crippen LogP contribution < -0.4 is 5.32 Å². The fourth-order valence-corrected chi connectivity index (χ4v) is 3.71. The molecular weight excluding hydrogens is 427 g/mol. The van der Waals surface area contributed by atoms with E-state index >= 15 is 0 Å². The molecule has 2 heterocycles. The van der Waals surface area contributed by atoms with Crippen LogP contribution in [0.2, 0.25) is 10.0 Å². The number of hydrogen-bond acceptors (Lipinski definition) is 3. The van der Waals surface area contributed by atoms with Gasteiger partial charge in [0.2, 0.25) is 0 Å². The van der Waals surface area contributed by atoms with Crippen molar-refractivity contribution in [3.63, 3.8) is 0 Å². The molecule has 154 valence electrons. The highest BCUT2D eigenvalue weighted by Gasteiger charge is 2.16. The fraction of sp³-hybridized carbons (Fsp3) is 0.350. The van der Waals surface area contributed by atoms with Crippen molar-refractivity contribution in [1.82, 2.24) is 24.5 Å². The molecule has 0 radical (unpaired) electrons. The summed E-state index contributed by atoms with van der Waals surface area (Å²) in [5, 5.41) is 14.2. The maximum atomic E-state index is 6.32. The molecule has 9 heteroatoms. The molecule has 0 aliphatic rings. The first-order valence-corrected chi connectivity index (χ1v) is 10.3. The van der Waals surface area contributed by atoms with Crippen molar-refractivity contribution in [2.45, 2.75) is 33.9 Å². The Morgan fingerprint density at radius 3 is 2.52 bits per heavy atom. The largest absolute Gasteiger partial charge is 0.348 e. The molecule has 0 bridgehead atoms. The Hall–Kier alpha value is -2.09. The minimum Gasteiger partial charge on any atom is -0.348 e. The standard InChI is InChI=1S/C20H24Cl2N6S/c1-12-19(24-20(29)26(4)10-16-9-23-27(5)13(16)2)14(3)28(25-12)11-15-6-7-17(21)8-18(15)22/h6-9H,10-11H2,1-5H3,(H,24,29). The maximum Gasteiger partial charge on any atom is 0.173 e. The van der Waals surface area contributed by atoms with Crippen LogP contribution in [-0.2, 0) is 20.1 Å². The molecule has 0 aliphatic carbocycles. The summed E-state index contributed by atoms with van der Waals surface area (Å²) in [5.41, 5.74) is 6.00. The Morgan fingerprint density at radius 1 is 1.17 bits per heavy atom. The number of anilines is 1. The Labute approximate surface area is 186 Å².